The van der Waals surface area contributed by atoms with Crippen molar-refractivity contribution in [3.63, 3.8) is 0 Å². The van der Waals surface area contributed by atoms with Gasteiger partial charge in [-0.2, -0.15) is 0 Å². The van der Waals surface area contributed by atoms with Crippen molar-refractivity contribution in [3.8, 4) is 11.1 Å². The molecule has 3 rings (SSSR count). The molecule has 0 unspecified atom stereocenters. The van der Waals surface area contributed by atoms with E-state index in [1.54, 1.807) is 6.08 Å². The fourth-order valence-electron chi connectivity index (χ4n) is 4.43. The van der Waals surface area contributed by atoms with Crippen LogP contribution in [0.1, 0.15) is 33.3 Å². The Labute approximate surface area is 227 Å². The minimum absolute atomic E-state index is 0.172. The van der Waals surface area contributed by atoms with Gasteiger partial charge in [-0.1, -0.05) is 78.9 Å². The van der Waals surface area contributed by atoms with Crippen molar-refractivity contribution in [1.82, 2.24) is 15.5 Å². The molecule has 3 aromatic rings. The molecule has 0 aliphatic heterocycles. The Morgan fingerprint density at radius 2 is 1.37 bits per heavy atom. The Hall–Kier alpha value is -3.90. The molecule has 0 heterocycles. The average molecular weight is 513 g/mol. The molecule has 6 nitrogen and oxygen atoms in total. The minimum Gasteiger partial charge on any atom is -0.351 e. The van der Waals surface area contributed by atoms with Gasteiger partial charge in [0.25, 0.3) is 0 Å². The number of urea groups is 1. The van der Waals surface area contributed by atoms with Gasteiger partial charge in [-0.25, -0.2) is 4.79 Å². The van der Waals surface area contributed by atoms with Crippen LogP contribution in [0.3, 0.4) is 0 Å². The van der Waals surface area contributed by atoms with E-state index >= 15 is 0 Å². The molecule has 0 spiro atoms. The molecule has 0 radical (unpaired) electrons. The molecule has 0 aliphatic rings. The van der Waals surface area contributed by atoms with Crippen molar-refractivity contribution in [2.75, 3.05) is 18.4 Å². The summed E-state index contributed by atoms with van der Waals surface area (Å²) < 4.78 is 0. The van der Waals surface area contributed by atoms with Crippen LogP contribution in [0.5, 0.6) is 0 Å². The highest BCUT2D eigenvalue weighted by molar-refractivity contribution is 5.90. The second-order valence-corrected chi connectivity index (χ2v) is 9.91. The molecule has 3 amide bonds. The zero-order valence-corrected chi connectivity index (χ0v) is 22.9. The fourth-order valence-corrected chi connectivity index (χ4v) is 4.43. The topological polar surface area (TPSA) is 73.5 Å². The second kappa shape index (κ2) is 14.7. The Balaban J connectivity index is 1.59. The first-order valence-electron chi connectivity index (χ1n) is 13.3. The van der Waals surface area contributed by atoms with E-state index in [-0.39, 0.29) is 18.0 Å². The zero-order valence-electron chi connectivity index (χ0n) is 22.9. The van der Waals surface area contributed by atoms with Crippen LogP contribution in [0.15, 0.2) is 97.1 Å². The first-order chi connectivity index (χ1) is 18.3. The maximum Gasteiger partial charge on any atom is 0.319 e. The van der Waals surface area contributed by atoms with Gasteiger partial charge in [0.1, 0.15) is 0 Å². The molecule has 3 aromatic carbocycles. The number of carbonyl (C=O) groups excluding carboxylic acids is 2. The lowest BCUT2D eigenvalue weighted by Crippen LogP contribution is -2.42. The Bertz CT molecular complexity index is 1150. The SMILES string of the molecule is CC(C)N(CCNC(=O)/C=C/[C@@H](Cc1ccccc1)NC(=O)Nc1ccc(-c2ccccc2)cc1)C(C)C. The van der Waals surface area contributed by atoms with Crippen LogP contribution < -0.4 is 16.0 Å². The molecule has 200 valence electrons. The monoisotopic (exact) mass is 512 g/mol. The summed E-state index contributed by atoms with van der Waals surface area (Å²) in [6.07, 6.45) is 3.83. The average Bonchev–Trinajstić information content (AvgIpc) is 2.91. The summed E-state index contributed by atoms with van der Waals surface area (Å²) in [6.45, 7) is 9.98. The number of anilines is 1. The van der Waals surface area contributed by atoms with Gasteiger partial charge in [-0.3, -0.25) is 9.69 Å². The van der Waals surface area contributed by atoms with Crippen molar-refractivity contribution in [2.24, 2.45) is 0 Å². The quantitative estimate of drug-likeness (QED) is 0.266. The van der Waals surface area contributed by atoms with Gasteiger partial charge in [0.15, 0.2) is 0 Å². The third kappa shape index (κ3) is 9.52. The van der Waals surface area contributed by atoms with E-state index in [4.69, 9.17) is 0 Å². The molecule has 0 bridgehead atoms. The van der Waals surface area contributed by atoms with Gasteiger partial charge < -0.3 is 16.0 Å². The van der Waals surface area contributed by atoms with Gasteiger partial charge in [0.05, 0.1) is 6.04 Å². The van der Waals surface area contributed by atoms with E-state index in [0.29, 0.717) is 30.7 Å². The molecule has 1 atom stereocenters. The summed E-state index contributed by atoms with van der Waals surface area (Å²) in [5, 5.41) is 8.86. The molecule has 0 saturated carbocycles. The first-order valence-corrected chi connectivity index (χ1v) is 13.3. The summed E-state index contributed by atoms with van der Waals surface area (Å²) in [5.74, 6) is -0.172. The summed E-state index contributed by atoms with van der Waals surface area (Å²) >= 11 is 0. The molecule has 0 saturated heterocycles. The number of nitrogens with one attached hydrogen (secondary N) is 3. The summed E-state index contributed by atoms with van der Waals surface area (Å²) in [5.41, 5.74) is 3.97. The van der Waals surface area contributed by atoms with Crippen molar-refractivity contribution in [2.45, 2.75) is 52.2 Å². The summed E-state index contributed by atoms with van der Waals surface area (Å²) in [6, 6.07) is 27.9. The van der Waals surface area contributed by atoms with E-state index < -0.39 is 0 Å². The standard InChI is InChI=1S/C32H40N4O2/c1-24(2)36(25(3)4)22-21-33-31(37)20-19-30(23-26-11-7-5-8-12-26)35-32(38)34-29-17-15-28(16-18-29)27-13-9-6-10-14-27/h5-20,24-25,30H,21-23H2,1-4H3,(H,33,37)(H2,34,35,38)/b20-19+/t30-/m0/s1. The highest BCUT2D eigenvalue weighted by atomic mass is 16.2. The van der Waals surface area contributed by atoms with E-state index in [1.165, 1.54) is 6.08 Å². The first kappa shape index (κ1) is 28.7. The summed E-state index contributed by atoms with van der Waals surface area (Å²) in [7, 11) is 0. The molecule has 0 fully saturated rings. The number of hydrogen-bond donors (Lipinski definition) is 3. The Morgan fingerprint density at radius 3 is 1.97 bits per heavy atom. The normalized spacial score (nSPS) is 12.2. The maximum absolute atomic E-state index is 12.8. The Morgan fingerprint density at radius 1 is 0.789 bits per heavy atom. The molecule has 38 heavy (non-hydrogen) atoms. The van der Waals surface area contributed by atoms with E-state index in [0.717, 1.165) is 23.2 Å². The van der Waals surface area contributed by atoms with Gasteiger partial charge >= 0.3 is 6.03 Å². The van der Waals surface area contributed by atoms with Crippen molar-refractivity contribution in [3.05, 3.63) is 103 Å². The third-order valence-electron chi connectivity index (χ3n) is 6.34. The molecular formula is C32H40N4O2. The lowest BCUT2D eigenvalue weighted by atomic mass is 10.1. The molecule has 0 aliphatic carbocycles. The van der Waals surface area contributed by atoms with Crippen LogP contribution in [0.25, 0.3) is 11.1 Å². The van der Waals surface area contributed by atoms with Crippen LogP contribution in [0, 0.1) is 0 Å². The van der Waals surface area contributed by atoms with Crippen LogP contribution in [0.2, 0.25) is 0 Å². The zero-order chi connectivity index (χ0) is 27.3. The predicted molar refractivity (Wildman–Crippen MR) is 157 cm³/mol. The van der Waals surface area contributed by atoms with Crippen LogP contribution in [0.4, 0.5) is 10.5 Å². The van der Waals surface area contributed by atoms with Gasteiger partial charge in [0, 0.05) is 36.9 Å². The molecular weight excluding hydrogens is 472 g/mol. The largest absolute Gasteiger partial charge is 0.351 e. The Kier molecular flexibility index (Phi) is 11.1. The van der Waals surface area contributed by atoms with E-state index in [2.05, 4.69) is 60.7 Å². The third-order valence-corrected chi connectivity index (χ3v) is 6.34. The number of carbonyl (C=O) groups is 2. The number of benzene rings is 3. The minimum atomic E-state index is -0.352. The molecule has 0 aromatic heterocycles. The van der Waals surface area contributed by atoms with Crippen LogP contribution >= 0.6 is 0 Å². The van der Waals surface area contributed by atoms with Crippen molar-refractivity contribution < 1.29 is 9.59 Å². The van der Waals surface area contributed by atoms with E-state index in [1.807, 2.05) is 72.8 Å². The number of amides is 3. The van der Waals surface area contributed by atoms with Crippen molar-refractivity contribution >= 4 is 17.6 Å². The van der Waals surface area contributed by atoms with E-state index in [9.17, 15) is 9.59 Å². The molecule has 6 heteroatoms. The molecule has 3 N–H and O–H groups in total. The summed E-state index contributed by atoms with van der Waals surface area (Å²) in [4.78, 5) is 27.7. The van der Waals surface area contributed by atoms with Crippen LogP contribution in [-0.2, 0) is 11.2 Å². The van der Waals surface area contributed by atoms with Gasteiger partial charge in [-0.05, 0) is 62.9 Å². The second-order valence-electron chi connectivity index (χ2n) is 9.91. The van der Waals surface area contributed by atoms with Gasteiger partial charge in [-0.15, -0.1) is 0 Å². The smallest absolute Gasteiger partial charge is 0.319 e. The number of nitrogens with zero attached hydrogens (tertiary/aromatic N) is 1. The number of rotatable bonds is 12. The lowest BCUT2D eigenvalue weighted by molar-refractivity contribution is -0.116. The highest BCUT2D eigenvalue weighted by Crippen LogP contribution is 2.21. The van der Waals surface area contributed by atoms with Crippen LogP contribution in [-0.4, -0.2) is 48.1 Å². The fraction of sp³-hybridized carbons (Fsp3) is 0.312. The van der Waals surface area contributed by atoms with Gasteiger partial charge in [0.2, 0.25) is 5.91 Å². The lowest BCUT2D eigenvalue weighted by Gasteiger charge is -2.30. The highest BCUT2D eigenvalue weighted by Gasteiger charge is 2.14. The predicted octanol–water partition coefficient (Wildman–Crippen LogP) is 5.88. The number of hydrogen-bond acceptors (Lipinski definition) is 3. The maximum atomic E-state index is 12.8. The van der Waals surface area contributed by atoms with Crippen molar-refractivity contribution in [1.29, 1.82) is 0 Å².